The van der Waals surface area contributed by atoms with E-state index in [9.17, 15) is 22.4 Å². The number of nitrogens with zero attached hydrogens (tertiary/aromatic N) is 4. The van der Waals surface area contributed by atoms with Crippen LogP contribution in [0.2, 0.25) is 0 Å². The molecular weight excluding hydrogens is 403 g/mol. The number of rotatable bonds is 4. The van der Waals surface area contributed by atoms with Crippen molar-refractivity contribution in [3.05, 3.63) is 40.6 Å². The molecular formula is C18H21FN4O5S. The first-order valence-corrected chi connectivity index (χ1v) is 11.2. The fourth-order valence-corrected chi connectivity index (χ4v) is 5.50. The van der Waals surface area contributed by atoms with Gasteiger partial charge in [0.2, 0.25) is 11.8 Å². The number of carbonyl (C=O) groups excluding carboxylic acids is 1. The van der Waals surface area contributed by atoms with Gasteiger partial charge in [-0.05, 0) is 30.7 Å². The number of benzene rings is 1. The van der Waals surface area contributed by atoms with Crippen LogP contribution in [0, 0.1) is 5.82 Å². The molecule has 2 fully saturated rings. The largest absolute Gasteiger partial charge is 0.437 e. The van der Waals surface area contributed by atoms with Crippen LogP contribution < -0.4 is 5.76 Å². The highest BCUT2D eigenvalue weighted by Crippen LogP contribution is 2.19. The van der Waals surface area contributed by atoms with E-state index in [1.165, 1.54) is 24.3 Å². The first kappa shape index (κ1) is 19.8. The van der Waals surface area contributed by atoms with Crippen molar-refractivity contribution < 1.29 is 22.0 Å². The molecule has 2 saturated heterocycles. The summed E-state index contributed by atoms with van der Waals surface area (Å²) in [6.45, 7) is 1.88. The van der Waals surface area contributed by atoms with Crippen LogP contribution in [0.3, 0.4) is 0 Å². The highest BCUT2D eigenvalue weighted by molar-refractivity contribution is 7.91. The van der Waals surface area contributed by atoms with Crippen LogP contribution in [0.5, 0.6) is 0 Å². The van der Waals surface area contributed by atoms with Gasteiger partial charge in [0, 0.05) is 37.8 Å². The third-order valence-electron chi connectivity index (χ3n) is 5.37. The maximum Gasteiger partial charge on any atom is 0.437 e. The Balaban J connectivity index is 1.36. The molecule has 2 aromatic rings. The van der Waals surface area contributed by atoms with E-state index in [0.717, 1.165) is 4.68 Å². The van der Waals surface area contributed by atoms with E-state index < -0.39 is 21.4 Å². The van der Waals surface area contributed by atoms with Crippen LogP contribution in [-0.2, 0) is 21.2 Å². The summed E-state index contributed by atoms with van der Waals surface area (Å²) in [5.41, 5.74) is 0.440. The van der Waals surface area contributed by atoms with Crippen molar-refractivity contribution in [1.29, 1.82) is 0 Å². The minimum atomic E-state index is -2.94. The van der Waals surface area contributed by atoms with Crippen molar-refractivity contribution in [3.63, 3.8) is 0 Å². The molecule has 2 aliphatic rings. The standard InChI is InChI=1S/C18H21FN4O5S/c19-14-3-1-13(2-4-14)17-20-23(18(25)28-17)11-16(24)22-8-6-21(7-9-22)15-5-10-29(26,27)12-15/h1-4,15H,5-12H2. The van der Waals surface area contributed by atoms with Gasteiger partial charge in [0.1, 0.15) is 12.4 Å². The predicted molar refractivity (Wildman–Crippen MR) is 101 cm³/mol. The Labute approximate surface area is 166 Å². The highest BCUT2D eigenvalue weighted by Gasteiger charge is 2.34. The Bertz CT molecular complexity index is 1050. The number of carbonyl (C=O) groups is 1. The number of hydrogen-bond donors (Lipinski definition) is 0. The second-order valence-electron chi connectivity index (χ2n) is 7.31. The lowest BCUT2D eigenvalue weighted by molar-refractivity contribution is -0.134. The van der Waals surface area contributed by atoms with Crippen molar-refractivity contribution in [2.75, 3.05) is 37.7 Å². The Morgan fingerprint density at radius 3 is 2.48 bits per heavy atom. The van der Waals surface area contributed by atoms with Crippen molar-refractivity contribution in [2.24, 2.45) is 0 Å². The van der Waals surface area contributed by atoms with E-state index in [0.29, 0.717) is 38.2 Å². The van der Waals surface area contributed by atoms with Crippen LogP contribution in [0.4, 0.5) is 4.39 Å². The number of piperazine rings is 1. The summed E-state index contributed by atoms with van der Waals surface area (Å²) in [6.07, 6.45) is 0.636. The van der Waals surface area contributed by atoms with Crippen molar-refractivity contribution in [2.45, 2.75) is 19.0 Å². The first-order valence-electron chi connectivity index (χ1n) is 9.37. The molecule has 1 unspecified atom stereocenters. The fraction of sp³-hybridized carbons (Fsp3) is 0.500. The molecule has 1 atom stereocenters. The maximum atomic E-state index is 13.0. The van der Waals surface area contributed by atoms with Gasteiger partial charge in [-0.25, -0.2) is 17.6 Å². The minimum absolute atomic E-state index is 0.0219. The lowest BCUT2D eigenvalue weighted by Gasteiger charge is -2.37. The molecule has 0 aliphatic carbocycles. The van der Waals surface area contributed by atoms with Crippen LogP contribution in [0.25, 0.3) is 11.5 Å². The maximum absolute atomic E-state index is 13.0. The summed E-state index contributed by atoms with van der Waals surface area (Å²) in [6, 6.07) is 5.36. The molecule has 156 valence electrons. The SMILES string of the molecule is O=C(Cn1nc(-c2ccc(F)cc2)oc1=O)N1CCN(C2CCS(=O)(=O)C2)CC1. The molecule has 0 saturated carbocycles. The lowest BCUT2D eigenvalue weighted by Crippen LogP contribution is -2.53. The Morgan fingerprint density at radius 1 is 1.17 bits per heavy atom. The van der Waals surface area contributed by atoms with Crippen LogP contribution >= 0.6 is 0 Å². The molecule has 1 aromatic carbocycles. The quantitative estimate of drug-likeness (QED) is 0.679. The Kier molecular flexibility index (Phi) is 5.26. The summed E-state index contributed by atoms with van der Waals surface area (Å²) in [5, 5.41) is 4.03. The molecule has 4 rings (SSSR count). The summed E-state index contributed by atoms with van der Waals surface area (Å²) < 4.78 is 42.4. The molecule has 1 aromatic heterocycles. The Morgan fingerprint density at radius 2 is 1.86 bits per heavy atom. The highest BCUT2D eigenvalue weighted by atomic mass is 32.2. The smallest absolute Gasteiger partial charge is 0.388 e. The number of hydrogen-bond acceptors (Lipinski definition) is 7. The molecule has 3 heterocycles. The van der Waals surface area contributed by atoms with Crippen molar-refractivity contribution in [3.8, 4) is 11.5 Å². The average Bonchev–Trinajstić information content (AvgIpc) is 3.24. The molecule has 29 heavy (non-hydrogen) atoms. The van der Waals surface area contributed by atoms with E-state index in [4.69, 9.17) is 4.42 Å². The van der Waals surface area contributed by atoms with Crippen LogP contribution in [-0.4, -0.2) is 77.6 Å². The average molecular weight is 424 g/mol. The first-order chi connectivity index (χ1) is 13.8. The third kappa shape index (κ3) is 4.40. The minimum Gasteiger partial charge on any atom is -0.388 e. The van der Waals surface area contributed by atoms with Gasteiger partial charge in [0.25, 0.3) is 0 Å². The van der Waals surface area contributed by atoms with E-state index in [1.54, 1.807) is 4.90 Å². The lowest BCUT2D eigenvalue weighted by atomic mass is 10.2. The fourth-order valence-electron chi connectivity index (χ4n) is 3.74. The van der Waals surface area contributed by atoms with Crippen LogP contribution in [0.15, 0.2) is 33.5 Å². The normalized spacial score (nSPS) is 22.1. The van der Waals surface area contributed by atoms with Gasteiger partial charge in [0.05, 0.1) is 11.5 Å². The van der Waals surface area contributed by atoms with Gasteiger partial charge in [-0.15, -0.1) is 5.10 Å². The van der Waals surface area contributed by atoms with Gasteiger partial charge in [-0.2, -0.15) is 4.68 Å². The van der Waals surface area contributed by atoms with Gasteiger partial charge < -0.3 is 9.32 Å². The van der Waals surface area contributed by atoms with Gasteiger partial charge in [-0.3, -0.25) is 9.69 Å². The second kappa shape index (κ2) is 7.71. The predicted octanol–water partition coefficient (Wildman–Crippen LogP) is -0.0263. The molecule has 9 nitrogen and oxygen atoms in total. The zero-order chi connectivity index (χ0) is 20.6. The topological polar surface area (TPSA) is 106 Å². The van der Waals surface area contributed by atoms with Crippen molar-refractivity contribution >= 4 is 15.7 Å². The monoisotopic (exact) mass is 424 g/mol. The number of aromatic nitrogens is 2. The molecule has 0 N–H and O–H groups in total. The summed E-state index contributed by atoms with van der Waals surface area (Å²) in [5.74, 6) is -1.00. The van der Waals surface area contributed by atoms with Gasteiger partial charge >= 0.3 is 5.76 Å². The number of amides is 1. The van der Waals surface area contributed by atoms with E-state index in [1.807, 2.05) is 0 Å². The summed E-state index contributed by atoms with van der Waals surface area (Å²) in [4.78, 5) is 28.3. The Hall–Kier alpha value is -2.53. The number of halogens is 1. The molecule has 1 amide bonds. The molecule has 0 bridgehead atoms. The number of sulfone groups is 1. The van der Waals surface area contributed by atoms with Crippen molar-refractivity contribution in [1.82, 2.24) is 19.6 Å². The zero-order valence-corrected chi connectivity index (χ0v) is 16.5. The van der Waals surface area contributed by atoms with E-state index in [-0.39, 0.29) is 35.9 Å². The van der Waals surface area contributed by atoms with Gasteiger partial charge in [0.15, 0.2) is 9.84 Å². The summed E-state index contributed by atoms with van der Waals surface area (Å²) in [7, 11) is -2.94. The zero-order valence-electron chi connectivity index (χ0n) is 15.7. The third-order valence-corrected chi connectivity index (χ3v) is 7.12. The second-order valence-corrected chi connectivity index (χ2v) is 9.54. The molecule has 2 aliphatic heterocycles. The molecule has 0 radical (unpaired) electrons. The van der Waals surface area contributed by atoms with E-state index >= 15 is 0 Å². The van der Waals surface area contributed by atoms with Crippen LogP contribution in [0.1, 0.15) is 6.42 Å². The molecule has 0 spiro atoms. The summed E-state index contributed by atoms with van der Waals surface area (Å²) >= 11 is 0. The molecule has 11 heteroatoms. The van der Waals surface area contributed by atoms with Gasteiger partial charge in [-0.1, -0.05) is 0 Å². The van der Waals surface area contributed by atoms with E-state index in [2.05, 4.69) is 10.00 Å².